The number of aromatic amines is 1. The van der Waals surface area contributed by atoms with Crippen molar-refractivity contribution in [3.63, 3.8) is 0 Å². The zero-order valence-electron chi connectivity index (χ0n) is 12.6. The lowest BCUT2D eigenvalue weighted by Gasteiger charge is -2.49. The summed E-state index contributed by atoms with van der Waals surface area (Å²) in [6.07, 6.45) is 6.31. The van der Waals surface area contributed by atoms with Gasteiger partial charge < -0.3 is 9.88 Å². The zero-order chi connectivity index (χ0) is 15.2. The largest absolute Gasteiger partial charge is 0.369 e. The molecule has 1 aliphatic carbocycles. The number of pyridine rings is 1. The minimum Gasteiger partial charge on any atom is -0.369 e. The van der Waals surface area contributed by atoms with E-state index in [1.165, 1.54) is 25.7 Å². The Labute approximate surface area is 129 Å². The summed E-state index contributed by atoms with van der Waals surface area (Å²) in [7, 11) is 0. The number of rotatable bonds is 1. The van der Waals surface area contributed by atoms with Gasteiger partial charge in [-0.25, -0.2) is 0 Å². The van der Waals surface area contributed by atoms with E-state index in [1.54, 1.807) is 0 Å². The number of benzene rings is 1. The van der Waals surface area contributed by atoms with Gasteiger partial charge in [-0.2, -0.15) is 5.26 Å². The van der Waals surface area contributed by atoms with Crippen LogP contribution in [0.1, 0.15) is 37.7 Å². The Morgan fingerprint density at radius 2 is 1.95 bits per heavy atom. The summed E-state index contributed by atoms with van der Waals surface area (Å²) < 4.78 is 0. The number of fused-ring (bicyclic) bond motifs is 1. The minimum atomic E-state index is -0.274. The third-order valence-corrected chi connectivity index (χ3v) is 5.40. The molecule has 2 heterocycles. The van der Waals surface area contributed by atoms with Crippen molar-refractivity contribution < 1.29 is 0 Å². The van der Waals surface area contributed by atoms with Gasteiger partial charge in [0, 0.05) is 18.5 Å². The lowest BCUT2D eigenvalue weighted by atomic mass is 9.64. The molecule has 0 bridgehead atoms. The maximum atomic E-state index is 12.3. The molecule has 4 rings (SSSR count). The molecule has 2 aromatic rings. The summed E-state index contributed by atoms with van der Waals surface area (Å²) in [5.74, 6) is 0. The van der Waals surface area contributed by atoms with E-state index in [-0.39, 0.29) is 11.1 Å². The average Bonchev–Trinajstić information content (AvgIpc) is 2.52. The number of hydrogen-bond donors (Lipinski definition) is 1. The summed E-state index contributed by atoms with van der Waals surface area (Å²) >= 11 is 0. The average molecular weight is 293 g/mol. The molecule has 4 heteroatoms. The molecule has 1 aliphatic heterocycles. The number of nitrogens with one attached hydrogen (secondary N) is 1. The molecule has 1 spiro atoms. The fourth-order valence-corrected chi connectivity index (χ4v) is 4.14. The Kier molecular flexibility index (Phi) is 2.97. The van der Waals surface area contributed by atoms with Crippen molar-refractivity contribution in [2.75, 3.05) is 18.0 Å². The van der Waals surface area contributed by atoms with Gasteiger partial charge in [-0.15, -0.1) is 0 Å². The van der Waals surface area contributed by atoms with Gasteiger partial charge in [0.1, 0.15) is 11.6 Å². The first-order valence-electron chi connectivity index (χ1n) is 8.03. The molecular weight excluding hydrogens is 274 g/mol. The van der Waals surface area contributed by atoms with Gasteiger partial charge in [0.15, 0.2) is 0 Å². The van der Waals surface area contributed by atoms with Gasteiger partial charge in [-0.05, 0) is 37.2 Å². The fourth-order valence-electron chi connectivity index (χ4n) is 4.14. The molecule has 0 radical (unpaired) electrons. The van der Waals surface area contributed by atoms with E-state index in [0.29, 0.717) is 5.41 Å². The standard InChI is InChI=1S/C18H19N3O/c19-11-14-16(13-5-1-2-6-15(13)20-17(14)22)21-10-4-9-18(12-21)7-3-8-18/h1-2,5-6H,3-4,7-10,12H2,(H,20,22). The molecule has 1 aromatic heterocycles. The second-order valence-electron chi connectivity index (χ2n) is 6.71. The summed E-state index contributed by atoms with van der Waals surface area (Å²) in [6, 6.07) is 9.92. The maximum Gasteiger partial charge on any atom is 0.268 e. The van der Waals surface area contributed by atoms with Crippen LogP contribution in [0.5, 0.6) is 0 Å². The van der Waals surface area contributed by atoms with Crippen molar-refractivity contribution in [3.05, 3.63) is 40.2 Å². The predicted molar refractivity (Wildman–Crippen MR) is 87.0 cm³/mol. The van der Waals surface area contributed by atoms with Crippen LogP contribution in [-0.2, 0) is 0 Å². The van der Waals surface area contributed by atoms with Crippen molar-refractivity contribution in [2.24, 2.45) is 5.41 Å². The van der Waals surface area contributed by atoms with Crippen LogP contribution in [-0.4, -0.2) is 18.1 Å². The summed E-state index contributed by atoms with van der Waals surface area (Å²) in [5.41, 5.74) is 2.07. The molecule has 4 nitrogen and oxygen atoms in total. The Morgan fingerprint density at radius 1 is 1.18 bits per heavy atom. The number of hydrogen-bond acceptors (Lipinski definition) is 3. The van der Waals surface area contributed by atoms with Crippen molar-refractivity contribution in [3.8, 4) is 6.07 Å². The first-order chi connectivity index (χ1) is 10.7. The minimum absolute atomic E-state index is 0.259. The van der Waals surface area contributed by atoms with Crippen LogP contribution >= 0.6 is 0 Å². The quantitative estimate of drug-likeness (QED) is 0.878. The first-order valence-corrected chi connectivity index (χ1v) is 8.03. The van der Waals surface area contributed by atoms with Crippen LogP contribution in [0.2, 0.25) is 0 Å². The molecule has 1 aromatic carbocycles. The Bertz CT molecular complexity index is 826. The maximum absolute atomic E-state index is 12.3. The number of piperidine rings is 1. The molecule has 2 aliphatic rings. The zero-order valence-corrected chi connectivity index (χ0v) is 12.6. The molecule has 1 saturated carbocycles. The van der Waals surface area contributed by atoms with Crippen LogP contribution in [0.25, 0.3) is 10.9 Å². The SMILES string of the molecule is N#Cc1c(N2CCCC3(CCC3)C2)c2ccccc2[nH]c1=O. The van der Waals surface area contributed by atoms with Crippen LogP contribution in [0, 0.1) is 16.7 Å². The molecule has 0 atom stereocenters. The highest BCUT2D eigenvalue weighted by molar-refractivity contribution is 5.94. The first kappa shape index (κ1) is 13.4. The highest BCUT2D eigenvalue weighted by Gasteiger charge is 2.41. The lowest BCUT2D eigenvalue weighted by Crippen LogP contribution is -2.47. The number of para-hydroxylation sites is 1. The smallest absolute Gasteiger partial charge is 0.268 e. The number of nitrogens with zero attached hydrogens (tertiary/aromatic N) is 2. The van der Waals surface area contributed by atoms with Crippen molar-refractivity contribution >= 4 is 16.6 Å². The van der Waals surface area contributed by atoms with Gasteiger partial charge in [0.2, 0.25) is 0 Å². The molecule has 1 N–H and O–H groups in total. The van der Waals surface area contributed by atoms with E-state index in [9.17, 15) is 10.1 Å². The van der Waals surface area contributed by atoms with Crippen LogP contribution in [0.4, 0.5) is 5.69 Å². The van der Waals surface area contributed by atoms with Crippen molar-refractivity contribution in [2.45, 2.75) is 32.1 Å². The van der Waals surface area contributed by atoms with Crippen molar-refractivity contribution in [1.82, 2.24) is 4.98 Å². The van der Waals surface area contributed by atoms with Gasteiger partial charge in [-0.3, -0.25) is 4.79 Å². The third-order valence-electron chi connectivity index (χ3n) is 5.40. The number of H-pyrrole nitrogens is 1. The van der Waals surface area contributed by atoms with E-state index < -0.39 is 0 Å². The van der Waals surface area contributed by atoms with E-state index in [0.717, 1.165) is 36.1 Å². The third kappa shape index (κ3) is 1.93. The molecule has 2 fully saturated rings. The monoisotopic (exact) mass is 293 g/mol. The molecule has 0 unspecified atom stereocenters. The van der Waals surface area contributed by atoms with Gasteiger partial charge in [-0.1, -0.05) is 24.6 Å². The van der Waals surface area contributed by atoms with Gasteiger partial charge in [0.05, 0.1) is 11.2 Å². The topological polar surface area (TPSA) is 59.9 Å². The van der Waals surface area contributed by atoms with E-state index >= 15 is 0 Å². The summed E-state index contributed by atoms with van der Waals surface area (Å²) in [5, 5.41) is 10.5. The van der Waals surface area contributed by atoms with E-state index in [1.807, 2.05) is 24.3 Å². The number of aromatic nitrogens is 1. The summed E-state index contributed by atoms with van der Waals surface area (Å²) in [4.78, 5) is 17.4. The molecule has 22 heavy (non-hydrogen) atoms. The molecule has 1 saturated heterocycles. The number of anilines is 1. The van der Waals surface area contributed by atoms with E-state index in [2.05, 4.69) is 16.0 Å². The Hall–Kier alpha value is -2.28. The van der Waals surface area contributed by atoms with Crippen LogP contribution in [0.3, 0.4) is 0 Å². The number of nitriles is 1. The van der Waals surface area contributed by atoms with Crippen molar-refractivity contribution in [1.29, 1.82) is 5.26 Å². The molecule has 0 amide bonds. The predicted octanol–water partition coefficient (Wildman–Crippen LogP) is 3.17. The van der Waals surface area contributed by atoms with Crippen LogP contribution in [0.15, 0.2) is 29.1 Å². The highest BCUT2D eigenvalue weighted by Crippen LogP contribution is 2.48. The fraction of sp³-hybridized carbons (Fsp3) is 0.444. The van der Waals surface area contributed by atoms with Gasteiger partial charge >= 0.3 is 0 Å². The molecular formula is C18H19N3O. The second kappa shape index (κ2) is 4.88. The van der Waals surface area contributed by atoms with Gasteiger partial charge in [0.25, 0.3) is 5.56 Å². The van der Waals surface area contributed by atoms with Crippen LogP contribution < -0.4 is 10.5 Å². The lowest BCUT2D eigenvalue weighted by molar-refractivity contribution is 0.108. The Morgan fingerprint density at radius 3 is 2.68 bits per heavy atom. The highest BCUT2D eigenvalue weighted by atomic mass is 16.1. The molecule has 112 valence electrons. The second-order valence-corrected chi connectivity index (χ2v) is 6.71. The summed E-state index contributed by atoms with van der Waals surface area (Å²) in [6.45, 7) is 1.92. The Balaban J connectivity index is 1.89. The van der Waals surface area contributed by atoms with E-state index in [4.69, 9.17) is 0 Å². The normalized spacial score (nSPS) is 19.9.